The van der Waals surface area contributed by atoms with E-state index in [9.17, 15) is 19.5 Å². The number of carbonyl (C=O) groups excluding carboxylic acids is 3. The van der Waals surface area contributed by atoms with Gasteiger partial charge in [0.15, 0.2) is 0 Å². The predicted octanol–water partition coefficient (Wildman–Crippen LogP) is 2.96. The average Bonchev–Trinajstić information content (AvgIpc) is 3.45. The van der Waals surface area contributed by atoms with Crippen LogP contribution in [-0.4, -0.2) is 71.3 Å². The summed E-state index contributed by atoms with van der Waals surface area (Å²) in [5.74, 6) is -2.63. The molecule has 8 nitrogen and oxygen atoms in total. The van der Waals surface area contributed by atoms with Crippen LogP contribution in [0.5, 0.6) is 0 Å². The minimum Gasteiger partial charge on any atom is -0.466 e. The van der Waals surface area contributed by atoms with Crippen LogP contribution >= 0.6 is 11.6 Å². The number of halogens is 1. The highest BCUT2D eigenvalue weighted by Crippen LogP contribution is 2.64. The van der Waals surface area contributed by atoms with Gasteiger partial charge in [-0.2, -0.15) is 0 Å². The molecule has 3 heterocycles. The molecule has 3 aliphatic rings. The SMILES string of the molecule is C=CCN(C(=O)C1N(CCCO)C(=O)[C@@H]2[C@@H](C(=O)OCC)[C@@]3(CC)CCC12O3)c1ccc(Cl)cc1. The zero-order valence-corrected chi connectivity index (χ0v) is 21.0. The number of aliphatic hydroxyl groups is 1. The molecule has 0 aliphatic carbocycles. The summed E-state index contributed by atoms with van der Waals surface area (Å²) in [6.07, 6.45) is 3.52. The Balaban J connectivity index is 1.80. The van der Waals surface area contributed by atoms with Crippen LogP contribution in [0.25, 0.3) is 0 Å². The lowest BCUT2D eigenvalue weighted by Gasteiger charge is -2.36. The van der Waals surface area contributed by atoms with E-state index >= 15 is 0 Å². The summed E-state index contributed by atoms with van der Waals surface area (Å²) in [6.45, 7) is 7.95. The molecule has 1 aromatic rings. The van der Waals surface area contributed by atoms with E-state index in [4.69, 9.17) is 21.1 Å². The molecule has 35 heavy (non-hydrogen) atoms. The molecule has 2 unspecified atom stereocenters. The second-order valence-corrected chi connectivity index (χ2v) is 9.84. The maximum Gasteiger partial charge on any atom is 0.312 e. The third-order valence-electron chi connectivity index (χ3n) is 7.73. The monoisotopic (exact) mass is 504 g/mol. The number of rotatable bonds is 10. The number of ether oxygens (including phenoxy) is 2. The number of esters is 1. The van der Waals surface area contributed by atoms with Crippen molar-refractivity contribution in [1.29, 1.82) is 0 Å². The molecule has 3 saturated heterocycles. The number of hydrogen-bond donors (Lipinski definition) is 1. The Kier molecular flexibility index (Phi) is 7.27. The Morgan fingerprint density at radius 3 is 2.63 bits per heavy atom. The summed E-state index contributed by atoms with van der Waals surface area (Å²) < 4.78 is 12.1. The Bertz CT molecular complexity index is 1000. The van der Waals surface area contributed by atoms with E-state index in [1.165, 1.54) is 4.90 Å². The van der Waals surface area contributed by atoms with Gasteiger partial charge in [0.05, 0.1) is 18.1 Å². The third-order valence-corrected chi connectivity index (χ3v) is 7.98. The van der Waals surface area contributed by atoms with Gasteiger partial charge in [0.2, 0.25) is 5.91 Å². The molecule has 1 N–H and O–H groups in total. The predicted molar refractivity (Wildman–Crippen MR) is 131 cm³/mol. The molecule has 1 aromatic carbocycles. The van der Waals surface area contributed by atoms with Crippen LogP contribution < -0.4 is 4.90 Å². The summed E-state index contributed by atoms with van der Waals surface area (Å²) in [5, 5.41) is 10.0. The van der Waals surface area contributed by atoms with Gasteiger partial charge in [-0.15, -0.1) is 6.58 Å². The van der Waals surface area contributed by atoms with Gasteiger partial charge in [0.1, 0.15) is 17.6 Å². The minimum atomic E-state index is -1.14. The summed E-state index contributed by atoms with van der Waals surface area (Å²) >= 11 is 6.06. The fraction of sp³-hybridized carbons (Fsp3) is 0.577. The highest BCUT2D eigenvalue weighted by Gasteiger charge is 2.79. The molecule has 9 heteroatoms. The number of amides is 2. The average molecular weight is 505 g/mol. The number of fused-ring (bicyclic) bond motifs is 1. The molecular weight excluding hydrogens is 472 g/mol. The highest BCUT2D eigenvalue weighted by molar-refractivity contribution is 6.30. The van der Waals surface area contributed by atoms with Crippen molar-refractivity contribution in [1.82, 2.24) is 4.90 Å². The quantitative estimate of drug-likeness (QED) is 0.389. The van der Waals surface area contributed by atoms with Gasteiger partial charge in [-0.1, -0.05) is 24.6 Å². The molecule has 0 radical (unpaired) electrons. The number of anilines is 1. The molecule has 5 atom stereocenters. The topological polar surface area (TPSA) is 96.4 Å². The van der Waals surface area contributed by atoms with Gasteiger partial charge >= 0.3 is 5.97 Å². The third kappa shape index (κ3) is 3.96. The van der Waals surface area contributed by atoms with Crippen LogP contribution in [0, 0.1) is 11.8 Å². The summed E-state index contributed by atoms with van der Waals surface area (Å²) in [4.78, 5) is 44.3. The first-order valence-corrected chi connectivity index (χ1v) is 12.6. The van der Waals surface area contributed by atoms with Crippen molar-refractivity contribution in [2.24, 2.45) is 11.8 Å². The number of nitrogens with zero attached hydrogens (tertiary/aromatic N) is 2. The van der Waals surface area contributed by atoms with E-state index in [2.05, 4.69) is 6.58 Å². The van der Waals surface area contributed by atoms with E-state index in [0.717, 1.165) is 0 Å². The zero-order valence-electron chi connectivity index (χ0n) is 20.2. The van der Waals surface area contributed by atoms with Crippen LogP contribution in [0.1, 0.15) is 39.5 Å². The van der Waals surface area contributed by atoms with Gasteiger partial charge in [-0.25, -0.2) is 0 Å². The number of aliphatic hydroxyl groups excluding tert-OH is 1. The van der Waals surface area contributed by atoms with Gasteiger partial charge in [0.25, 0.3) is 5.91 Å². The van der Waals surface area contributed by atoms with E-state index in [1.54, 1.807) is 42.2 Å². The number of hydrogen-bond acceptors (Lipinski definition) is 6. The van der Waals surface area contributed by atoms with Gasteiger partial charge in [-0.05, 0) is 56.9 Å². The van der Waals surface area contributed by atoms with Crippen molar-refractivity contribution < 1.29 is 29.0 Å². The zero-order chi connectivity index (χ0) is 25.4. The number of carbonyl (C=O) groups is 3. The fourth-order valence-electron chi connectivity index (χ4n) is 6.29. The standard InChI is InChI=1S/C26H33ClN2O6/c1-4-14-28(18-10-8-17(27)9-11-18)23(32)21-26-13-12-25(5-2,35-26)20(24(33)34-6-3)19(26)22(31)29(21)15-7-16-30/h4,8-11,19-21,30H,1,5-7,12-16H2,2-3H3/t19-,20-,21?,25+,26?/m0/s1. The molecule has 0 saturated carbocycles. The van der Waals surface area contributed by atoms with Crippen molar-refractivity contribution in [2.75, 3.05) is 31.2 Å². The molecule has 190 valence electrons. The van der Waals surface area contributed by atoms with Crippen LogP contribution in [0.4, 0.5) is 5.69 Å². The van der Waals surface area contributed by atoms with Crippen LogP contribution in [0.15, 0.2) is 36.9 Å². The highest BCUT2D eigenvalue weighted by atomic mass is 35.5. The van der Waals surface area contributed by atoms with Crippen LogP contribution in [0.2, 0.25) is 5.02 Å². The van der Waals surface area contributed by atoms with Crippen molar-refractivity contribution in [3.63, 3.8) is 0 Å². The maximum atomic E-state index is 14.3. The molecular formula is C26H33ClN2O6. The van der Waals surface area contributed by atoms with Crippen molar-refractivity contribution in [3.8, 4) is 0 Å². The normalized spacial score (nSPS) is 30.9. The van der Waals surface area contributed by atoms with E-state index < -0.39 is 35.0 Å². The lowest BCUT2D eigenvalue weighted by atomic mass is 9.65. The van der Waals surface area contributed by atoms with Gasteiger partial charge in [0, 0.05) is 30.4 Å². The Morgan fingerprint density at radius 1 is 1.31 bits per heavy atom. The molecule has 0 aromatic heterocycles. The summed E-state index contributed by atoms with van der Waals surface area (Å²) in [6, 6.07) is 5.96. The van der Waals surface area contributed by atoms with Crippen molar-refractivity contribution in [2.45, 2.75) is 56.8 Å². The lowest BCUT2D eigenvalue weighted by molar-refractivity contribution is -0.160. The van der Waals surface area contributed by atoms with Gasteiger partial charge < -0.3 is 24.4 Å². The first-order valence-electron chi connectivity index (χ1n) is 12.3. The number of benzene rings is 1. The number of likely N-dealkylation sites (tertiary alicyclic amines) is 1. The van der Waals surface area contributed by atoms with Crippen LogP contribution in [0.3, 0.4) is 0 Å². The minimum absolute atomic E-state index is 0.128. The Hall–Kier alpha value is -2.42. The van der Waals surface area contributed by atoms with Crippen LogP contribution in [-0.2, 0) is 23.9 Å². The smallest absolute Gasteiger partial charge is 0.312 e. The molecule has 3 fully saturated rings. The molecule has 2 bridgehead atoms. The van der Waals surface area contributed by atoms with E-state index in [0.29, 0.717) is 36.4 Å². The van der Waals surface area contributed by atoms with Crippen molar-refractivity contribution >= 4 is 35.1 Å². The molecule has 3 aliphatic heterocycles. The van der Waals surface area contributed by atoms with Crippen molar-refractivity contribution in [3.05, 3.63) is 41.9 Å². The summed E-state index contributed by atoms with van der Waals surface area (Å²) in [7, 11) is 0. The van der Waals surface area contributed by atoms with E-state index in [-0.39, 0.29) is 38.1 Å². The lowest BCUT2D eigenvalue weighted by Crippen LogP contribution is -2.56. The second-order valence-electron chi connectivity index (χ2n) is 9.41. The Labute approximate surface area is 210 Å². The largest absolute Gasteiger partial charge is 0.466 e. The second kappa shape index (κ2) is 9.91. The van der Waals surface area contributed by atoms with E-state index in [1.807, 2.05) is 6.92 Å². The van der Waals surface area contributed by atoms with Gasteiger partial charge in [-0.3, -0.25) is 14.4 Å². The Morgan fingerprint density at radius 2 is 2.03 bits per heavy atom. The first-order chi connectivity index (χ1) is 16.8. The fourth-order valence-corrected chi connectivity index (χ4v) is 6.42. The molecule has 2 amide bonds. The molecule has 4 rings (SSSR count). The summed E-state index contributed by atoms with van der Waals surface area (Å²) in [5.41, 5.74) is -1.35. The maximum absolute atomic E-state index is 14.3. The molecule has 1 spiro atoms. The first kappa shape index (κ1) is 25.7.